The second kappa shape index (κ2) is 7.70. The van der Waals surface area contributed by atoms with Crippen LogP contribution >= 0.6 is 0 Å². The highest BCUT2D eigenvalue weighted by atomic mass is 16.5. The van der Waals surface area contributed by atoms with Crippen LogP contribution in [0.4, 0.5) is 0 Å². The largest absolute Gasteiger partial charge is 0.456 e. The van der Waals surface area contributed by atoms with Crippen LogP contribution in [0, 0.1) is 0 Å². The highest BCUT2D eigenvalue weighted by Crippen LogP contribution is 2.24. The molecule has 0 aliphatic rings. The second-order valence-electron chi connectivity index (χ2n) is 6.04. The molecule has 4 aromatic rings. The lowest BCUT2D eigenvalue weighted by Gasteiger charge is -2.02. The molecule has 27 heavy (non-hydrogen) atoms. The summed E-state index contributed by atoms with van der Waals surface area (Å²) in [6.45, 7) is 0.202. The first-order chi connectivity index (χ1) is 13.3. The van der Waals surface area contributed by atoms with E-state index in [-0.39, 0.29) is 12.3 Å². The van der Waals surface area contributed by atoms with Gasteiger partial charge in [0.1, 0.15) is 12.9 Å². The number of ether oxygens (including phenoxy) is 1. The highest BCUT2D eigenvalue weighted by molar-refractivity contribution is 5.87. The third kappa shape index (κ3) is 3.96. The first-order valence-corrected chi connectivity index (χ1v) is 8.62. The molecule has 4 rings (SSSR count). The quantitative estimate of drug-likeness (QED) is 0.452. The van der Waals surface area contributed by atoms with E-state index in [4.69, 9.17) is 9.15 Å². The van der Waals surface area contributed by atoms with Crippen molar-refractivity contribution < 1.29 is 13.9 Å². The average molecular weight is 355 g/mol. The van der Waals surface area contributed by atoms with Gasteiger partial charge in [-0.25, -0.2) is 9.78 Å². The molecule has 0 saturated heterocycles. The molecule has 0 saturated carbocycles. The second-order valence-corrected chi connectivity index (χ2v) is 6.04. The van der Waals surface area contributed by atoms with Gasteiger partial charge in [-0.1, -0.05) is 72.8 Å². The van der Waals surface area contributed by atoms with E-state index in [9.17, 15) is 4.79 Å². The minimum absolute atomic E-state index is 0.160. The molecule has 0 unspecified atom stereocenters. The molecule has 0 N–H and O–H groups in total. The lowest BCUT2D eigenvalue weighted by atomic mass is 10.0. The Balaban J connectivity index is 1.45. The van der Waals surface area contributed by atoms with Gasteiger partial charge >= 0.3 is 5.97 Å². The van der Waals surface area contributed by atoms with Gasteiger partial charge in [0.25, 0.3) is 0 Å². The molecule has 3 aromatic carbocycles. The molecular weight excluding hydrogens is 338 g/mol. The molecule has 0 amide bonds. The van der Waals surface area contributed by atoms with Gasteiger partial charge in [0.15, 0.2) is 5.69 Å². The summed E-state index contributed by atoms with van der Waals surface area (Å²) in [5.74, 6) is -0.115. The molecule has 1 aromatic heterocycles. The van der Waals surface area contributed by atoms with Crippen LogP contribution < -0.4 is 0 Å². The molecule has 4 heteroatoms. The summed E-state index contributed by atoms with van der Waals surface area (Å²) in [6.07, 6.45) is 1.33. The maximum atomic E-state index is 12.2. The molecule has 0 atom stereocenters. The predicted molar refractivity (Wildman–Crippen MR) is 103 cm³/mol. The summed E-state index contributed by atoms with van der Waals surface area (Å²) in [4.78, 5) is 16.4. The number of carbonyl (C=O) groups excluding carboxylic acids is 1. The number of rotatable bonds is 5. The molecule has 132 valence electrons. The van der Waals surface area contributed by atoms with Crippen molar-refractivity contribution in [2.24, 2.45) is 0 Å². The number of hydrogen-bond acceptors (Lipinski definition) is 4. The van der Waals surface area contributed by atoms with E-state index in [1.54, 1.807) is 0 Å². The number of oxazole rings is 1. The summed E-state index contributed by atoms with van der Waals surface area (Å²) in [7, 11) is 0. The first-order valence-electron chi connectivity index (χ1n) is 8.62. The van der Waals surface area contributed by atoms with Gasteiger partial charge in [-0.05, 0) is 28.8 Å². The normalized spacial score (nSPS) is 10.5. The third-order valence-corrected chi connectivity index (χ3v) is 4.17. The Labute approximate surface area is 157 Å². The van der Waals surface area contributed by atoms with Crippen LogP contribution in [-0.4, -0.2) is 11.0 Å². The Morgan fingerprint density at radius 3 is 2.07 bits per heavy atom. The van der Waals surface area contributed by atoms with Crippen molar-refractivity contribution in [1.82, 2.24) is 4.98 Å². The van der Waals surface area contributed by atoms with Gasteiger partial charge in [0, 0.05) is 5.56 Å². The summed E-state index contributed by atoms with van der Waals surface area (Å²) >= 11 is 0. The van der Waals surface area contributed by atoms with Gasteiger partial charge in [0.2, 0.25) is 5.89 Å². The molecule has 0 fully saturated rings. The van der Waals surface area contributed by atoms with Crippen molar-refractivity contribution in [3.63, 3.8) is 0 Å². The Kier molecular flexibility index (Phi) is 4.79. The average Bonchev–Trinajstić information content (AvgIpc) is 3.24. The number of carbonyl (C=O) groups is 1. The van der Waals surface area contributed by atoms with Crippen LogP contribution in [0.2, 0.25) is 0 Å². The van der Waals surface area contributed by atoms with E-state index in [1.807, 2.05) is 72.8 Å². The van der Waals surface area contributed by atoms with Crippen molar-refractivity contribution >= 4 is 5.97 Å². The van der Waals surface area contributed by atoms with E-state index in [0.29, 0.717) is 5.89 Å². The predicted octanol–water partition coefficient (Wildman–Crippen LogP) is 5.37. The molecule has 0 aliphatic carbocycles. The zero-order valence-corrected chi connectivity index (χ0v) is 14.5. The topological polar surface area (TPSA) is 52.3 Å². The summed E-state index contributed by atoms with van der Waals surface area (Å²) in [5, 5.41) is 0. The Morgan fingerprint density at radius 1 is 0.778 bits per heavy atom. The van der Waals surface area contributed by atoms with E-state index in [0.717, 1.165) is 22.3 Å². The SMILES string of the molecule is O=C(OCc1ccccc1)c1coc(-c2ccc(-c3ccccc3)cc2)n1. The van der Waals surface area contributed by atoms with Crippen molar-refractivity contribution in [2.45, 2.75) is 6.61 Å². The number of benzene rings is 3. The lowest BCUT2D eigenvalue weighted by molar-refractivity contribution is 0.0465. The fraction of sp³-hybridized carbons (Fsp3) is 0.0435. The van der Waals surface area contributed by atoms with E-state index in [1.165, 1.54) is 6.26 Å². The van der Waals surface area contributed by atoms with Crippen LogP contribution in [0.1, 0.15) is 16.1 Å². The van der Waals surface area contributed by atoms with Crippen molar-refractivity contribution in [1.29, 1.82) is 0 Å². The van der Waals surface area contributed by atoms with Crippen molar-refractivity contribution in [2.75, 3.05) is 0 Å². The molecule has 0 bridgehead atoms. The fourth-order valence-corrected chi connectivity index (χ4v) is 2.73. The standard InChI is InChI=1S/C23H17NO3/c25-23(27-15-17-7-3-1-4-8-17)21-16-26-22(24-21)20-13-11-19(12-14-20)18-9-5-2-6-10-18/h1-14,16H,15H2. The summed E-state index contributed by atoms with van der Waals surface area (Å²) in [5.41, 5.74) is 4.13. The molecule has 4 nitrogen and oxygen atoms in total. The maximum Gasteiger partial charge on any atom is 0.360 e. The number of hydrogen-bond donors (Lipinski definition) is 0. The van der Waals surface area contributed by atoms with Crippen LogP contribution in [0.5, 0.6) is 0 Å². The van der Waals surface area contributed by atoms with Crippen molar-refractivity contribution in [3.8, 4) is 22.6 Å². The zero-order valence-electron chi connectivity index (χ0n) is 14.5. The van der Waals surface area contributed by atoms with Gasteiger partial charge in [0.05, 0.1) is 0 Å². The molecule has 0 spiro atoms. The fourth-order valence-electron chi connectivity index (χ4n) is 2.73. The molecule has 0 radical (unpaired) electrons. The zero-order chi connectivity index (χ0) is 18.5. The minimum Gasteiger partial charge on any atom is -0.456 e. The number of aromatic nitrogens is 1. The van der Waals surface area contributed by atoms with Gasteiger partial charge in [-0.15, -0.1) is 0 Å². The third-order valence-electron chi connectivity index (χ3n) is 4.17. The van der Waals surface area contributed by atoms with Crippen LogP contribution in [0.15, 0.2) is 95.6 Å². The molecular formula is C23H17NO3. The highest BCUT2D eigenvalue weighted by Gasteiger charge is 2.15. The number of nitrogens with zero attached hydrogens (tertiary/aromatic N) is 1. The van der Waals surface area contributed by atoms with Gasteiger partial charge < -0.3 is 9.15 Å². The Morgan fingerprint density at radius 2 is 1.37 bits per heavy atom. The molecule has 0 aliphatic heterocycles. The smallest absolute Gasteiger partial charge is 0.360 e. The lowest BCUT2D eigenvalue weighted by Crippen LogP contribution is -2.05. The first kappa shape index (κ1) is 16.8. The monoisotopic (exact) mass is 355 g/mol. The van der Waals surface area contributed by atoms with Crippen LogP contribution in [0.3, 0.4) is 0 Å². The minimum atomic E-state index is -0.505. The van der Waals surface area contributed by atoms with Crippen LogP contribution in [0.25, 0.3) is 22.6 Å². The summed E-state index contributed by atoms with van der Waals surface area (Å²) in [6, 6.07) is 27.5. The van der Waals surface area contributed by atoms with Crippen LogP contribution in [-0.2, 0) is 11.3 Å². The van der Waals surface area contributed by atoms with E-state index < -0.39 is 5.97 Å². The maximum absolute atomic E-state index is 12.2. The Bertz CT molecular complexity index is 1020. The number of esters is 1. The van der Waals surface area contributed by atoms with Gasteiger partial charge in [-0.3, -0.25) is 0 Å². The summed E-state index contributed by atoms with van der Waals surface area (Å²) < 4.78 is 10.7. The van der Waals surface area contributed by atoms with Gasteiger partial charge in [-0.2, -0.15) is 0 Å². The van der Waals surface area contributed by atoms with Crippen molar-refractivity contribution in [3.05, 3.63) is 102 Å². The van der Waals surface area contributed by atoms with E-state index >= 15 is 0 Å². The Hall–Kier alpha value is -3.66. The molecule has 1 heterocycles. The van der Waals surface area contributed by atoms with E-state index in [2.05, 4.69) is 17.1 Å².